The van der Waals surface area contributed by atoms with Gasteiger partial charge in [0.1, 0.15) is 13.2 Å². The molecule has 6 nitrogen and oxygen atoms in total. The molecule has 1 amide bonds. The lowest BCUT2D eigenvalue weighted by molar-refractivity contribution is 0.0941. The molecule has 2 rings (SSSR count). The fourth-order valence-corrected chi connectivity index (χ4v) is 2.32. The molecule has 0 aromatic carbocycles. The molecule has 2 aromatic rings. The molecule has 2 aromatic heterocycles. The lowest BCUT2D eigenvalue weighted by Gasteiger charge is -1.99. The molecular weight excluding hydrogens is 292 g/mol. The van der Waals surface area contributed by atoms with Crippen molar-refractivity contribution in [2.45, 2.75) is 13.2 Å². The Balaban J connectivity index is 1.89. The predicted octanol–water partition coefficient (Wildman–Crippen LogP) is 1.16. The molecule has 0 spiro atoms. The Morgan fingerprint density at radius 1 is 1.57 bits per heavy atom. The van der Waals surface area contributed by atoms with Crippen LogP contribution < -0.4 is 5.32 Å². The summed E-state index contributed by atoms with van der Waals surface area (Å²) in [5.41, 5.74) is 1.04. The van der Waals surface area contributed by atoms with E-state index >= 15 is 0 Å². The number of hydrogen-bond donors (Lipinski definition) is 2. The van der Waals surface area contributed by atoms with Crippen LogP contribution in [-0.4, -0.2) is 29.9 Å². The Hall–Kier alpha value is -2.14. The Kier molecular flexibility index (Phi) is 5.51. The van der Waals surface area contributed by atoms with Gasteiger partial charge in [0.05, 0.1) is 6.54 Å². The Bertz CT molecular complexity index is 666. The molecule has 0 aliphatic rings. The van der Waals surface area contributed by atoms with E-state index in [1.807, 2.05) is 11.4 Å². The van der Waals surface area contributed by atoms with E-state index in [0.717, 1.165) is 10.4 Å². The normalized spacial score (nSPS) is 10.0. The fourth-order valence-electron chi connectivity index (χ4n) is 1.57. The molecule has 0 saturated carbocycles. The topological polar surface area (TPSA) is 84.6 Å². The van der Waals surface area contributed by atoms with Crippen LogP contribution in [0.4, 0.5) is 0 Å². The van der Waals surface area contributed by atoms with Gasteiger partial charge in [-0.25, -0.2) is 0 Å². The van der Waals surface area contributed by atoms with Crippen molar-refractivity contribution in [1.82, 2.24) is 10.5 Å². The average Bonchev–Trinajstić information content (AvgIpc) is 3.12. The SMILES string of the molecule is COCc1cc(C(=O)NCc2cc(C#CCO)cs2)no1. The zero-order valence-corrected chi connectivity index (χ0v) is 12.2. The highest BCUT2D eigenvalue weighted by Crippen LogP contribution is 2.14. The molecule has 0 aliphatic carbocycles. The first kappa shape index (κ1) is 15.3. The standard InChI is InChI=1S/C14H14N2O4S/c1-19-8-11-6-13(16-20-11)14(18)15-7-12-5-10(9-21-12)3-2-4-17/h5-6,9,17H,4,7-8H2,1H3,(H,15,18). The van der Waals surface area contributed by atoms with Gasteiger partial charge in [-0.2, -0.15) is 0 Å². The van der Waals surface area contributed by atoms with Crippen LogP contribution in [0.15, 0.2) is 22.0 Å². The van der Waals surface area contributed by atoms with Crippen molar-refractivity contribution in [3.05, 3.63) is 39.4 Å². The fraction of sp³-hybridized carbons (Fsp3) is 0.286. The summed E-state index contributed by atoms with van der Waals surface area (Å²) in [6.07, 6.45) is 0. The van der Waals surface area contributed by atoms with Gasteiger partial charge in [0.25, 0.3) is 5.91 Å². The van der Waals surface area contributed by atoms with E-state index < -0.39 is 0 Å². The van der Waals surface area contributed by atoms with Crippen molar-refractivity contribution in [2.75, 3.05) is 13.7 Å². The first-order valence-corrected chi connectivity index (χ1v) is 7.00. The Labute approximate surface area is 125 Å². The van der Waals surface area contributed by atoms with E-state index in [0.29, 0.717) is 12.3 Å². The number of thiophene rings is 1. The van der Waals surface area contributed by atoms with Crippen LogP contribution in [0.3, 0.4) is 0 Å². The molecule has 21 heavy (non-hydrogen) atoms. The number of nitrogens with zero attached hydrogens (tertiary/aromatic N) is 1. The molecular formula is C14H14N2O4S. The van der Waals surface area contributed by atoms with E-state index in [4.69, 9.17) is 14.4 Å². The number of aliphatic hydroxyl groups is 1. The third-order valence-corrected chi connectivity index (χ3v) is 3.40. The van der Waals surface area contributed by atoms with Crippen LogP contribution in [0, 0.1) is 11.8 Å². The van der Waals surface area contributed by atoms with E-state index in [2.05, 4.69) is 22.3 Å². The number of hydrogen-bond acceptors (Lipinski definition) is 6. The number of carbonyl (C=O) groups is 1. The van der Waals surface area contributed by atoms with Crippen LogP contribution in [0.5, 0.6) is 0 Å². The van der Waals surface area contributed by atoms with Crippen molar-refractivity contribution in [1.29, 1.82) is 0 Å². The second-order valence-corrected chi connectivity index (χ2v) is 5.05. The second kappa shape index (κ2) is 7.59. The van der Waals surface area contributed by atoms with Crippen molar-refractivity contribution >= 4 is 17.2 Å². The summed E-state index contributed by atoms with van der Waals surface area (Å²) in [7, 11) is 1.54. The van der Waals surface area contributed by atoms with Gasteiger partial charge in [-0.1, -0.05) is 17.0 Å². The number of carbonyl (C=O) groups excluding carboxylic acids is 1. The van der Waals surface area contributed by atoms with E-state index in [-0.39, 0.29) is 24.8 Å². The lowest BCUT2D eigenvalue weighted by atomic mass is 10.3. The highest BCUT2D eigenvalue weighted by molar-refractivity contribution is 7.10. The first-order valence-electron chi connectivity index (χ1n) is 6.12. The van der Waals surface area contributed by atoms with Crippen LogP contribution >= 0.6 is 11.3 Å². The molecule has 110 valence electrons. The molecule has 2 N–H and O–H groups in total. The van der Waals surface area contributed by atoms with Crippen LogP contribution in [0.1, 0.15) is 26.7 Å². The minimum atomic E-state index is -0.308. The van der Waals surface area contributed by atoms with Crippen molar-refractivity contribution < 1.29 is 19.2 Å². The van der Waals surface area contributed by atoms with Crippen LogP contribution in [0.2, 0.25) is 0 Å². The molecule has 2 heterocycles. The van der Waals surface area contributed by atoms with Crippen LogP contribution in [0.25, 0.3) is 0 Å². The zero-order chi connectivity index (χ0) is 15.1. The maximum Gasteiger partial charge on any atom is 0.273 e. The summed E-state index contributed by atoms with van der Waals surface area (Å²) in [6.45, 7) is 0.493. The van der Waals surface area contributed by atoms with Gasteiger partial charge in [-0.05, 0) is 6.07 Å². The number of amides is 1. The minimum Gasteiger partial charge on any atom is -0.384 e. The molecule has 0 radical (unpaired) electrons. The second-order valence-electron chi connectivity index (χ2n) is 4.06. The number of nitrogens with one attached hydrogen (secondary N) is 1. The Morgan fingerprint density at radius 3 is 3.19 bits per heavy atom. The molecule has 0 atom stereocenters. The van der Waals surface area contributed by atoms with Gasteiger partial charge in [0.2, 0.25) is 0 Å². The van der Waals surface area contributed by atoms with Gasteiger partial charge in [-0.3, -0.25) is 4.79 Å². The summed E-state index contributed by atoms with van der Waals surface area (Å²) in [5, 5.41) is 16.9. The molecule has 0 bridgehead atoms. The predicted molar refractivity (Wildman–Crippen MR) is 76.7 cm³/mol. The van der Waals surface area contributed by atoms with Crippen molar-refractivity contribution in [2.24, 2.45) is 0 Å². The molecule has 0 saturated heterocycles. The molecule has 0 fully saturated rings. The van der Waals surface area contributed by atoms with Gasteiger partial charge in [0.15, 0.2) is 11.5 Å². The van der Waals surface area contributed by atoms with Crippen molar-refractivity contribution in [3.8, 4) is 11.8 Å². The maximum absolute atomic E-state index is 11.9. The van der Waals surface area contributed by atoms with Crippen LogP contribution in [-0.2, 0) is 17.9 Å². The number of rotatable bonds is 5. The van der Waals surface area contributed by atoms with Gasteiger partial charge in [-0.15, -0.1) is 11.3 Å². The smallest absolute Gasteiger partial charge is 0.273 e. The van der Waals surface area contributed by atoms with Gasteiger partial charge < -0.3 is 19.7 Å². The molecule has 0 unspecified atom stereocenters. The van der Waals surface area contributed by atoms with Gasteiger partial charge >= 0.3 is 0 Å². The Morgan fingerprint density at radius 2 is 2.43 bits per heavy atom. The minimum absolute atomic E-state index is 0.169. The third-order valence-electron chi connectivity index (χ3n) is 2.47. The van der Waals surface area contributed by atoms with Gasteiger partial charge in [0, 0.05) is 29.0 Å². The summed E-state index contributed by atoms with van der Waals surface area (Å²) < 4.78 is 9.84. The largest absolute Gasteiger partial charge is 0.384 e. The maximum atomic E-state index is 11.9. The summed E-state index contributed by atoms with van der Waals surface area (Å²) in [4.78, 5) is 12.8. The van der Waals surface area contributed by atoms with E-state index in [1.165, 1.54) is 18.4 Å². The molecule has 7 heteroatoms. The monoisotopic (exact) mass is 306 g/mol. The lowest BCUT2D eigenvalue weighted by Crippen LogP contribution is -2.22. The summed E-state index contributed by atoms with van der Waals surface area (Å²) in [5.74, 6) is 5.57. The number of aliphatic hydroxyl groups excluding tert-OH is 1. The first-order chi connectivity index (χ1) is 10.2. The van der Waals surface area contributed by atoms with Crippen molar-refractivity contribution in [3.63, 3.8) is 0 Å². The van der Waals surface area contributed by atoms with E-state index in [9.17, 15) is 4.79 Å². The number of ether oxygens (including phenoxy) is 1. The quantitative estimate of drug-likeness (QED) is 0.810. The average molecular weight is 306 g/mol. The number of aromatic nitrogens is 1. The summed E-state index contributed by atoms with van der Waals surface area (Å²) in [6, 6.07) is 3.41. The number of methoxy groups -OCH3 is 1. The highest BCUT2D eigenvalue weighted by atomic mass is 32.1. The van der Waals surface area contributed by atoms with E-state index in [1.54, 1.807) is 6.07 Å². The summed E-state index contributed by atoms with van der Waals surface area (Å²) >= 11 is 1.49. The highest BCUT2D eigenvalue weighted by Gasteiger charge is 2.12. The third kappa shape index (κ3) is 4.43. The zero-order valence-electron chi connectivity index (χ0n) is 11.4. The molecule has 0 aliphatic heterocycles.